The predicted octanol–water partition coefficient (Wildman–Crippen LogP) is 1.70. The molecule has 0 saturated carbocycles. The summed E-state index contributed by atoms with van der Waals surface area (Å²) in [5.74, 6) is -0.765. The standard InChI is InChI=1S/C9H17FO3/c1-3-12-7-5-6-8(10)9(11)13-4-2/h8H,3-7H2,1-2H3. The number of hydrogen-bond donors (Lipinski definition) is 0. The average molecular weight is 192 g/mol. The Morgan fingerprint density at radius 3 is 2.62 bits per heavy atom. The molecule has 13 heavy (non-hydrogen) atoms. The first kappa shape index (κ1) is 12.4. The molecule has 0 spiro atoms. The van der Waals surface area contributed by atoms with E-state index >= 15 is 0 Å². The molecule has 0 aliphatic carbocycles. The fourth-order valence-corrected chi connectivity index (χ4v) is 0.859. The van der Waals surface area contributed by atoms with Crippen molar-refractivity contribution in [3.8, 4) is 0 Å². The molecule has 0 fully saturated rings. The molecule has 4 heteroatoms. The van der Waals surface area contributed by atoms with E-state index < -0.39 is 12.1 Å². The maximum absolute atomic E-state index is 12.9. The van der Waals surface area contributed by atoms with Gasteiger partial charge in [-0.15, -0.1) is 0 Å². The molecule has 1 atom stereocenters. The second-order valence-electron chi connectivity index (χ2n) is 2.56. The van der Waals surface area contributed by atoms with Crippen molar-refractivity contribution in [3.63, 3.8) is 0 Å². The van der Waals surface area contributed by atoms with Crippen LogP contribution in [0.5, 0.6) is 0 Å². The van der Waals surface area contributed by atoms with Gasteiger partial charge in [0.2, 0.25) is 0 Å². The normalized spacial score (nSPS) is 12.5. The van der Waals surface area contributed by atoms with Crippen molar-refractivity contribution < 1.29 is 18.7 Å². The molecule has 0 aliphatic rings. The van der Waals surface area contributed by atoms with Crippen LogP contribution in [0.15, 0.2) is 0 Å². The van der Waals surface area contributed by atoms with Gasteiger partial charge in [0.15, 0.2) is 6.17 Å². The number of ether oxygens (including phenoxy) is 2. The summed E-state index contributed by atoms with van der Waals surface area (Å²) in [6.07, 6.45) is -0.771. The van der Waals surface area contributed by atoms with Gasteiger partial charge in [0.25, 0.3) is 0 Å². The fourth-order valence-electron chi connectivity index (χ4n) is 0.859. The SMILES string of the molecule is CCOCCCC(F)C(=O)OCC. The monoisotopic (exact) mass is 192 g/mol. The first-order chi connectivity index (χ1) is 6.22. The van der Waals surface area contributed by atoms with Crippen molar-refractivity contribution in [2.24, 2.45) is 0 Å². The molecule has 3 nitrogen and oxygen atoms in total. The highest BCUT2D eigenvalue weighted by Crippen LogP contribution is 2.04. The molecule has 0 radical (unpaired) electrons. The molecule has 0 rings (SSSR count). The van der Waals surface area contributed by atoms with Crippen LogP contribution in [0, 0.1) is 0 Å². The van der Waals surface area contributed by atoms with Crippen molar-refractivity contribution in [1.82, 2.24) is 0 Å². The molecule has 0 heterocycles. The lowest BCUT2D eigenvalue weighted by Crippen LogP contribution is -2.19. The maximum Gasteiger partial charge on any atom is 0.340 e. The molecule has 0 aromatic heterocycles. The highest BCUT2D eigenvalue weighted by atomic mass is 19.1. The summed E-state index contributed by atoms with van der Waals surface area (Å²) in [5, 5.41) is 0. The van der Waals surface area contributed by atoms with Crippen molar-refractivity contribution in [1.29, 1.82) is 0 Å². The Morgan fingerprint density at radius 2 is 2.08 bits per heavy atom. The van der Waals surface area contributed by atoms with Crippen LogP contribution < -0.4 is 0 Å². The molecule has 0 bridgehead atoms. The van der Waals surface area contributed by atoms with Gasteiger partial charge >= 0.3 is 5.97 Å². The fraction of sp³-hybridized carbons (Fsp3) is 0.889. The van der Waals surface area contributed by atoms with E-state index in [9.17, 15) is 9.18 Å². The first-order valence-corrected chi connectivity index (χ1v) is 4.60. The topological polar surface area (TPSA) is 35.5 Å². The van der Waals surface area contributed by atoms with E-state index in [4.69, 9.17) is 4.74 Å². The molecule has 0 amide bonds. The third-order valence-electron chi connectivity index (χ3n) is 1.49. The number of hydrogen-bond acceptors (Lipinski definition) is 3. The largest absolute Gasteiger partial charge is 0.464 e. The number of rotatable bonds is 7. The summed E-state index contributed by atoms with van der Waals surface area (Å²) >= 11 is 0. The molecule has 0 aliphatic heterocycles. The van der Waals surface area contributed by atoms with E-state index in [0.717, 1.165) is 0 Å². The predicted molar refractivity (Wildman–Crippen MR) is 47.3 cm³/mol. The van der Waals surface area contributed by atoms with E-state index in [1.54, 1.807) is 6.92 Å². The number of alkyl halides is 1. The van der Waals surface area contributed by atoms with Crippen molar-refractivity contribution in [2.45, 2.75) is 32.9 Å². The Labute approximate surface area is 78.2 Å². The smallest absolute Gasteiger partial charge is 0.340 e. The van der Waals surface area contributed by atoms with Gasteiger partial charge in [-0.2, -0.15) is 0 Å². The van der Waals surface area contributed by atoms with Gasteiger partial charge in [-0.3, -0.25) is 0 Å². The van der Waals surface area contributed by atoms with Crippen LogP contribution in [-0.4, -0.2) is 32.0 Å². The second kappa shape index (κ2) is 7.98. The zero-order chi connectivity index (χ0) is 10.1. The van der Waals surface area contributed by atoms with Gasteiger partial charge in [-0.1, -0.05) is 0 Å². The zero-order valence-corrected chi connectivity index (χ0v) is 8.22. The molecular formula is C9H17FO3. The van der Waals surface area contributed by atoms with Crippen LogP contribution >= 0.6 is 0 Å². The van der Waals surface area contributed by atoms with Crippen LogP contribution in [0.2, 0.25) is 0 Å². The third-order valence-corrected chi connectivity index (χ3v) is 1.49. The lowest BCUT2D eigenvalue weighted by Gasteiger charge is -2.06. The average Bonchev–Trinajstić information content (AvgIpc) is 2.12. The van der Waals surface area contributed by atoms with E-state index in [-0.39, 0.29) is 13.0 Å². The Bertz CT molecular complexity index is 139. The summed E-state index contributed by atoms with van der Waals surface area (Å²) in [6.45, 7) is 4.88. The lowest BCUT2D eigenvalue weighted by atomic mass is 10.2. The minimum absolute atomic E-state index is 0.179. The second-order valence-corrected chi connectivity index (χ2v) is 2.56. The molecule has 0 aromatic carbocycles. The van der Waals surface area contributed by atoms with E-state index in [1.807, 2.05) is 6.92 Å². The first-order valence-electron chi connectivity index (χ1n) is 4.60. The number of carbonyl (C=O) groups is 1. The molecule has 0 aromatic rings. The maximum atomic E-state index is 12.9. The summed E-state index contributed by atoms with van der Waals surface area (Å²) in [4.78, 5) is 10.8. The quantitative estimate of drug-likeness (QED) is 0.455. The Hall–Kier alpha value is -0.640. The van der Waals surface area contributed by atoms with E-state index in [0.29, 0.717) is 19.6 Å². The number of halogens is 1. The van der Waals surface area contributed by atoms with Crippen molar-refractivity contribution in [3.05, 3.63) is 0 Å². The molecule has 78 valence electrons. The van der Waals surface area contributed by atoms with Crippen LogP contribution in [0.25, 0.3) is 0 Å². The minimum atomic E-state index is -1.50. The van der Waals surface area contributed by atoms with Crippen LogP contribution in [0.1, 0.15) is 26.7 Å². The number of carbonyl (C=O) groups excluding carboxylic acids is 1. The number of esters is 1. The van der Waals surface area contributed by atoms with Gasteiger partial charge in [-0.05, 0) is 26.7 Å². The highest BCUT2D eigenvalue weighted by Gasteiger charge is 2.17. The van der Waals surface area contributed by atoms with E-state index in [2.05, 4.69) is 4.74 Å². The van der Waals surface area contributed by atoms with Gasteiger partial charge in [0.1, 0.15) is 0 Å². The lowest BCUT2D eigenvalue weighted by molar-refractivity contribution is -0.149. The summed E-state index contributed by atoms with van der Waals surface area (Å²) in [6, 6.07) is 0. The van der Waals surface area contributed by atoms with Gasteiger partial charge < -0.3 is 9.47 Å². The summed E-state index contributed by atoms with van der Waals surface area (Å²) < 4.78 is 22.4. The van der Waals surface area contributed by atoms with Gasteiger partial charge in [0, 0.05) is 13.2 Å². The molecule has 0 saturated heterocycles. The molecule has 1 unspecified atom stereocenters. The Kier molecular flexibility index (Phi) is 7.59. The minimum Gasteiger partial charge on any atom is -0.464 e. The summed E-state index contributed by atoms with van der Waals surface area (Å²) in [7, 11) is 0. The summed E-state index contributed by atoms with van der Waals surface area (Å²) in [5.41, 5.74) is 0. The van der Waals surface area contributed by atoms with Gasteiger partial charge in [-0.25, -0.2) is 9.18 Å². The van der Waals surface area contributed by atoms with Crippen LogP contribution in [0.3, 0.4) is 0 Å². The highest BCUT2D eigenvalue weighted by molar-refractivity contribution is 5.74. The third kappa shape index (κ3) is 6.51. The van der Waals surface area contributed by atoms with Crippen molar-refractivity contribution >= 4 is 5.97 Å². The Balaban J connectivity index is 3.38. The van der Waals surface area contributed by atoms with Crippen molar-refractivity contribution in [2.75, 3.05) is 19.8 Å². The van der Waals surface area contributed by atoms with Crippen LogP contribution in [0.4, 0.5) is 4.39 Å². The Morgan fingerprint density at radius 1 is 1.38 bits per heavy atom. The zero-order valence-electron chi connectivity index (χ0n) is 8.22. The molecule has 0 N–H and O–H groups in total. The van der Waals surface area contributed by atoms with Gasteiger partial charge in [0.05, 0.1) is 6.61 Å². The van der Waals surface area contributed by atoms with E-state index in [1.165, 1.54) is 0 Å². The van der Waals surface area contributed by atoms with Crippen LogP contribution in [-0.2, 0) is 14.3 Å². The molecular weight excluding hydrogens is 175 g/mol.